The second-order valence-corrected chi connectivity index (χ2v) is 4.54. The zero-order valence-corrected chi connectivity index (χ0v) is 11.0. The van der Waals surface area contributed by atoms with Crippen LogP contribution in [0.2, 0.25) is 0 Å². The molecule has 0 saturated heterocycles. The third kappa shape index (κ3) is 2.60. The van der Waals surface area contributed by atoms with E-state index in [0.717, 1.165) is 0 Å². The third-order valence-corrected chi connectivity index (χ3v) is 2.62. The molecule has 0 saturated carbocycles. The number of anilines is 2. The van der Waals surface area contributed by atoms with E-state index in [9.17, 15) is 22.0 Å². The Morgan fingerprint density at radius 2 is 1.21 bits per heavy atom. The van der Waals surface area contributed by atoms with Gasteiger partial charge in [0.2, 0.25) is 11.8 Å². The van der Waals surface area contributed by atoms with Crippen LogP contribution in [0, 0.1) is 32.7 Å². The van der Waals surface area contributed by atoms with Crippen LogP contribution in [0.5, 0.6) is 0 Å². The van der Waals surface area contributed by atoms with Crippen molar-refractivity contribution in [2.45, 2.75) is 0 Å². The molecule has 0 amide bonds. The summed E-state index contributed by atoms with van der Waals surface area (Å²) in [5.41, 5.74) is -1.20. The van der Waals surface area contributed by atoms with Gasteiger partial charge in [-0.2, -0.15) is 0 Å². The lowest BCUT2D eigenvalue weighted by molar-refractivity contribution is 0.382. The van der Waals surface area contributed by atoms with E-state index in [1.165, 1.54) is 12.4 Å². The van der Waals surface area contributed by atoms with Crippen molar-refractivity contribution in [3.63, 3.8) is 0 Å². The van der Waals surface area contributed by atoms with Crippen molar-refractivity contribution < 1.29 is 22.0 Å². The van der Waals surface area contributed by atoms with Crippen LogP contribution in [0.1, 0.15) is 0 Å². The van der Waals surface area contributed by atoms with Gasteiger partial charge in [-0.05, 0) is 22.6 Å². The molecule has 0 fully saturated rings. The van der Waals surface area contributed by atoms with Crippen LogP contribution in [0.3, 0.4) is 0 Å². The number of hydrogen-bond donors (Lipinski definition) is 1. The van der Waals surface area contributed by atoms with E-state index in [1.807, 2.05) is 27.9 Å². The maximum Gasteiger partial charge on any atom is 0.227 e. The molecule has 0 bridgehead atoms. The molecular formula is C10H3F5IN3. The van der Waals surface area contributed by atoms with E-state index in [-0.39, 0.29) is 5.95 Å². The fraction of sp³-hybridized carbons (Fsp3) is 0. The van der Waals surface area contributed by atoms with Crippen molar-refractivity contribution in [1.82, 2.24) is 9.97 Å². The molecule has 3 nitrogen and oxygen atoms in total. The number of nitrogens with one attached hydrogen (secondary N) is 1. The van der Waals surface area contributed by atoms with Crippen LogP contribution < -0.4 is 5.32 Å². The minimum atomic E-state index is -2.22. The molecule has 9 heteroatoms. The van der Waals surface area contributed by atoms with Gasteiger partial charge in [0.05, 0.1) is 0 Å². The molecule has 1 aromatic carbocycles. The first-order valence-corrected chi connectivity index (χ1v) is 5.75. The van der Waals surface area contributed by atoms with Crippen LogP contribution in [-0.2, 0) is 0 Å². The molecule has 0 aliphatic heterocycles. The number of hydrogen-bond acceptors (Lipinski definition) is 3. The molecule has 2 rings (SSSR count). The molecule has 0 spiro atoms. The Hall–Kier alpha value is -1.52. The highest BCUT2D eigenvalue weighted by Gasteiger charge is 2.26. The molecule has 2 aromatic rings. The molecule has 1 heterocycles. The Balaban J connectivity index is 2.48. The molecule has 1 aromatic heterocycles. The predicted octanol–water partition coefficient (Wildman–Crippen LogP) is 3.52. The summed E-state index contributed by atoms with van der Waals surface area (Å²) in [4.78, 5) is 7.27. The van der Waals surface area contributed by atoms with Gasteiger partial charge in [0, 0.05) is 16.0 Å². The second kappa shape index (κ2) is 5.23. The van der Waals surface area contributed by atoms with Gasteiger partial charge in [-0.1, -0.05) is 0 Å². The Kier molecular flexibility index (Phi) is 3.83. The van der Waals surface area contributed by atoms with Gasteiger partial charge in [-0.25, -0.2) is 31.9 Å². The summed E-state index contributed by atoms with van der Waals surface area (Å²) in [6, 6.07) is 0. The monoisotopic (exact) mass is 387 g/mol. The summed E-state index contributed by atoms with van der Waals surface area (Å²) < 4.78 is 65.9. The highest BCUT2D eigenvalue weighted by atomic mass is 127. The van der Waals surface area contributed by atoms with Crippen molar-refractivity contribution >= 4 is 34.2 Å². The summed E-state index contributed by atoms with van der Waals surface area (Å²) in [6.45, 7) is 0. The van der Waals surface area contributed by atoms with Gasteiger partial charge >= 0.3 is 0 Å². The van der Waals surface area contributed by atoms with Crippen molar-refractivity contribution in [1.29, 1.82) is 0 Å². The fourth-order valence-corrected chi connectivity index (χ4v) is 1.48. The predicted molar refractivity (Wildman–Crippen MR) is 64.3 cm³/mol. The van der Waals surface area contributed by atoms with Gasteiger partial charge in [-0.15, -0.1) is 0 Å². The molecule has 0 atom stereocenters. The zero-order chi connectivity index (χ0) is 14.2. The Morgan fingerprint density at radius 1 is 0.789 bits per heavy atom. The van der Waals surface area contributed by atoms with E-state index in [1.54, 1.807) is 0 Å². The standard InChI is InChI=1S/C10H3F5IN3/c11-4-5(12)7(14)9(8(15)6(4)13)19-10-17-1-3(16)2-18-10/h1-2H,(H,17,18,19). The zero-order valence-electron chi connectivity index (χ0n) is 8.82. The number of benzene rings is 1. The molecule has 100 valence electrons. The first kappa shape index (κ1) is 13.9. The van der Waals surface area contributed by atoms with E-state index >= 15 is 0 Å². The highest BCUT2D eigenvalue weighted by Crippen LogP contribution is 2.28. The quantitative estimate of drug-likeness (QED) is 0.371. The largest absolute Gasteiger partial charge is 0.319 e. The van der Waals surface area contributed by atoms with E-state index in [4.69, 9.17) is 0 Å². The van der Waals surface area contributed by atoms with Crippen molar-refractivity contribution in [3.8, 4) is 0 Å². The highest BCUT2D eigenvalue weighted by molar-refractivity contribution is 14.1. The van der Waals surface area contributed by atoms with E-state index in [0.29, 0.717) is 3.57 Å². The molecule has 0 radical (unpaired) electrons. The molecule has 0 unspecified atom stereocenters. The Bertz CT molecular complexity index is 603. The number of rotatable bonds is 2. The molecule has 0 aliphatic rings. The van der Waals surface area contributed by atoms with Crippen molar-refractivity contribution in [2.75, 3.05) is 5.32 Å². The lowest BCUT2D eigenvalue weighted by atomic mass is 10.2. The molecule has 19 heavy (non-hydrogen) atoms. The maximum atomic E-state index is 13.3. The first-order valence-electron chi connectivity index (χ1n) is 4.67. The topological polar surface area (TPSA) is 37.8 Å². The SMILES string of the molecule is Fc1c(F)c(F)c(Nc2ncc(I)cn2)c(F)c1F. The Labute approximate surface area is 117 Å². The van der Waals surface area contributed by atoms with Gasteiger partial charge in [0.1, 0.15) is 5.69 Å². The van der Waals surface area contributed by atoms with Crippen molar-refractivity contribution in [3.05, 3.63) is 45.0 Å². The maximum absolute atomic E-state index is 13.3. The third-order valence-electron chi connectivity index (χ3n) is 2.07. The summed E-state index contributed by atoms with van der Waals surface area (Å²) in [6.07, 6.45) is 2.61. The molecule has 0 aliphatic carbocycles. The summed E-state index contributed by atoms with van der Waals surface area (Å²) >= 11 is 1.89. The van der Waals surface area contributed by atoms with Gasteiger partial charge in [0.25, 0.3) is 0 Å². The summed E-state index contributed by atoms with van der Waals surface area (Å²) in [5, 5.41) is 1.95. The lowest BCUT2D eigenvalue weighted by Crippen LogP contribution is -2.08. The number of nitrogens with zero attached hydrogens (tertiary/aromatic N) is 2. The van der Waals surface area contributed by atoms with Crippen LogP contribution in [0.4, 0.5) is 33.6 Å². The van der Waals surface area contributed by atoms with E-state index in [2.05, 4.69) is 9.97 Å². The number of aromatic nitrogens is 2. The average molecular weight is 387 g/mol. The van der Waals surface area contributed by atoms with Crippen LogP contribution in [-0.4, -0.2) is 9.97 Å². The van der Waals surface area contributed by atoms with Gasteiger partial charge in [-0.3, -0.25) is 0 Å². The van der Waals surface area contributed by atoms with Crippen molar-refractivity contribution in [2.24, 2.45) is 0 Å². The fourth-order valence-electron chi connectivity index (χ4n) is 1.20. The van der Waals surface area contributed by atoms with Gasteiger partial charge in [0.15, 0.2) is 23.3 Å². The average Bonchev–Trinajstić information content (AvgIpc) is 2.41. The normalized spacial score (nSPS) is 10.6. The molecule has 1 N–H and O–H groups in total. The lowest BCUT2D eigenvalue weighted by Gasteiger charge is -2.09. The summed E-state index contributed by atoms with van der Waals surface area (Å²) in [7, 11) is 0. The number of halogens is 6. The summed E-state index contributed by atoms with van der Waals surface area (Å²) in [5.74, 6) is -10.5. The first-order chi connectivity index (χ1) is 8.91. The second-order valence-electron chi connectivity index (χ2n) is 3.29. The van der Waals surface area contributed by atoms with E-state index < -0.39 is 34.8 Å². The minimum absolute atomic E-state index is 0.288. The Morgan fingerprint density at radius 3 is 1.68 bits per heavy atom. The molecular weight excluding hydrogens is 384 g/mol. The minimum Gasteiger partial charge on any atom is -0.319 e. The van der Waals surface area contributed by atoms with Crippen LogP contribution in [0.25, 0.3) is 0 Å². The van der Waals surface area contributed by atoms with Crippen LogP contribution in [0.15, 0.2) is 12.4 Å². The van der Waals surface area contributed by atoms with Gasteiger partial charge < -0.3 is 5.32 Å². The smallest absolute Gasteiger partial charge is 0.227 e. The van der Waals surface area contributed by atoms with Crippen LogP contribution >= 0.6 is 22.6 Å².